The SMILES string of the molecule is CC(C)c1nc(C(=O)NCc2cc(C(=O)O)ccn2)n[nH]1. The molecule has 110 valence electrons. The van der Waals surface area contributed by atoms with Crippen molar-refractivity contribution in [2.24, 2.45) is 0 Å². The van der Waals surface area contributed by atoms with Gasteiger partial charge in [-0.15, -0.1) is 5.10 Å². The minimum absolute atomic E-state index is 0.0492. The number of hydrogen-bond acceptors (Lipinski definition) is 5. The molecular formula is C13H15N5O3. The van der Waals surface area contributed by atoms with Gasteiger partial charge in [0.05, 0.1) is 17.8 Å². The largest absolute Gasteiger partial charge is 0.478 e. The van der Waals surface area contributed by atoms with Crippen LogP contribution in [0.3, 0.4) is 0 Å². The van der Waals surface area contributed by atoms with E-state index in [2.05, 4.69) is 25.5 Å². The summed E-state index contributed by atoms with van der Waals surface area (Å²) in [7, 11) is 0. The Bertz CT molecular complexity index is 665. The molecule has 3 N–H and O–H groups in total. The molecule has 1 amide bonds. The van der Waals surface area contributed by atoms with E-state index in [9.17, 15) is 9.59 Å². The molecule has 0 saturated heterocycles. The summed E-state index contributed by atoms with van der Waals surface area (Å²) in [6, 6.07) is 2.79. The number of carbonyl (C=O) groups excluding carboxylic acids is 1. The maximum absolute atomic E-state index is 11.9. The summed E-state index contributed by atoms with van der Waals surface area (Å²) in [6.45, 7) is 3.97. The average molecular weight is 289 g/mol. The average Bonchev–Trinajstić information content (AvgIpc) is 2.95. The van der Waals surface area contributed by atoms with Crippen LogP contribution in [0.4, 0.5) is 0 Å². The lowest BCUT2D eigenvalue weighted by Gasteiger charge is -2.03. The predicted molar refractivity (Wildman–Crippen MR) is 72.8 cm³/mol. The van der Waals surface area contributed by atoms with Crippen LogP contribution in [0.1, 0.15) is 52.3 Å². The first-order chi connectivity index (χ1) is 9.97. The Morgan fingerprint density at radius 2 is 2.19 bits per heavy atom. The van der Waals surface area contributed by atoms with Gasteiger partial charge in [-0.3, -0.25) is 14.9 Å². The molecule has 2 aromatic heterocycles. The molecule has 0 aliphatic rings. The summed E-state index contributed by atoms with van der Waals surface area (Å²) < 4.78 is 0. The number of pyridine rings is 1. The van der Waals surface area contributed by atoms with E-state index in [4.69, 9.17) is 5.11 Å². The molecule has 2 rings (SSSR count). The highest BCUT2D eigenvalue weighted by atomic mass is 16.4. The third kappa shape index (κ3) is 3.62. The number of carboxylic acids is 1. The lowest BCUT2D eigenvalue weighted by atomic mass is 10.2. The van der Waals surface area contributed by atoms with Crippen molar-refractivity contribution in [2.45, 2.75) is 26.3 Å². The molecule has 2 aromatic rings. The number of nitrogens with zero attached hydrogens (tertiary/aromatic N) is 3. The van der Waals surface area contributed by atoms with Crippen LogP contribution in [0, 0.1) is 0 Å². The van der Waals surface area contributed by atoms with Gasteiger partial charge in [-0.1, -0.05) is 13.8 Å². The van der Waals surface area contributed by atoms with Crippen molar-refractivity contribution in [3.05, 3.63) is 41.2 Å². The van der Waals surface area contributed by atoms with Crippen LogP contribution in [0.15, 0.2) is 18.3 Å². The number of hydrogen-bond donors (Lipinski definition) is 3. The fourth-order valence-corrected chi connectivity index (χ4v) is 1.59. The third-order valence-electron chi connectivity index (χ3n) is 2.75. The van der Waals surface area contributed by atoms with Crippen molar-refractivity contribution in [3.8, 4) is 0 Å². The Morgan fingerprint density at radius 1 is 1.43 bits per heavy atom. The number of carboxylic acid groups (broad SMARTS) is 1. The van der Waals surface area contributed by atoms with Gasteiger partial charge in [0.1, 0.15) is 5.82 Å². The van der Waals surface area contributed by atoms with Gasteiger partial charge >= 0.3 is 5.97 Å². The smallest absolute Gasteiger partial charge is 0.335 e. The second-order valence-electron chi connectivity index (χ2n) is 4.72. The summed E-state index contributed by atoms with van der Waals surface area (Å²) in [5.74, 6) is -0.659. The van der Waals surface area contributed by atoms with E-state index in [-0.39, 0.29) is 23.9 Å². The quantitative estimate of drug-likeness (QED) is 0.753. The highest BCUT2D eigenvalue weighted by Crippen LogP contribution is 2.07. The molecule has 0 aromatic carbocycles. The highest BCUT2D eigenvalue weighted by Gasteiger charge is 2.14. The molecule has 0 saturated carbocycles. The molecular weight excluding hydrogens is 274 g/mol. The highest BCUT2D eigenvalue weighted by molar-refractivity contribution is 5.90. The Balaban J connectivity index is 2.00. The van der Waals surface area contributed by atoms with Gasteiger partial charge in [-0.05, 0) is 12.1 Å². The zero-order valence-corrected chi connectivity index (χ0v) is 11.6. The van der Waals surface area contributed by atoms with E-state index < -0.39 is 11.9 Å². The molecule has 2 heterocycles. The van der Waals surface area contributed by atoms with Crippen LogP contribution < -0.4 is 5.32 Å². The molecule has 0 bridgehead atoms. The number of rotatable bonds is 5. The Kier molecular flexibility index (Phi) is 4.27. The van der Waals surface area contributed by atoms with Crippen LogP contribution in [-0.2, 0) is 6.54 Å². The lowest BCUT2D eigenvalue weighted by molar-refractivity contribution is 0.0696. The Morgan fingerprint density at radius 3 is 2.81 bits per heavy atom. The molecule has 21 heavy (non-hydrogen) atoms. The third-order valence-corrected chi connectivity index (χ3v) is 2.75. The maximum atomic E-state index is 11.9. The fraction of sp³-hybridized carbons (Fsp3) is 0.308. The van der Waals surface area contributed by atoms with Crippen molar-refractivity contribution in [2.75, 3.05) is 0 Å². The van der Waals surface area contributed by atoms with E-state index in [1.807, 2.05) is 13.8 Å². The van der Waals surface area contributed by atoms with Crippen LogP contribution in [0.5, 0.6) is 0 Å². The van der Waals surface area contributed by atoms with E-state index in [1.54, 1.807) is 0 Å². The van der Waals surface area contributed by atoms with Crippen LogP contribution in [0.25, 0.3) is 0 Å². The van der Waals surface area contributed by atoms with Gasteiger partial charge in [0.2, 0.25) is 5.82 Å². The van der Waals surface area contributed by atoms with Crippen molar-refractivity contribution in [1.82, 2.24) is 25.5 Å². The summed E-state index contributed by atoms with van der Waals surface area (Å²) in [5.41, 5.74) is 0.567. The van der Waals surface area contributed by atoms with Crippen LogP contribution in [0.2, 0.25) is 0 Å². The van der Waals surface area contributed by atoms with E-state index >= 15 is 0 Å². The number of aromatic nitrogens is 4. The van der Waals surface area contributed by atoms with Gasteiger partial charge in [0.15, 0.2) is 0 Å². The first kappa shape index (κ1) is 14.6. The monoisotopic (exact) mass is 289 g/mol. The van der Waals surface area contributed by atoms with E-state index in [0.717, 1.165) is 0 Å². The maximum Gasteiger partial charge on any atom is 0.335 e. The standard InChI is InChI=1S/C13H15N5O3/c1-7(2)10-16-11(18-17-10)12(19)15-6-9-5-8(13(20)21)3-4-14-9/h3-5,7H,6H2,1-2H3,(H,15,19)(H,20,21)(H,16,17,18). The summed E-state index contributed by atoms with van der Waals surface area (Å²) in [5, 5.41) is 18.0. The van der Waals surface area contributed by atoms with Gasteiger partial charge in [0, 0.05) is 12.1 Å². The number of aromatic carboxylic acids is 1. The van der Waals surface area contributed by atoms with Crippen molar-refractivity contribution >= 4 is 11.9 Å². The fourth-order valence-electron chi connectivity index (χ4n) is 1.59. The molecule has 0 aliphatic carbocycles. The van der Waals surface area contributed by atoms with Gasteiger partial charge in [0.25, 0.3) is 5.91 Å². The molecule has 8 nitrogen and oxygen atoms in total. The topological polar surface area (TPSA) is 121 Å². The summed E-state index contributed by atoms with van der Waals surface area (Å²) in [6.07, 6.45) is 1.38. The van der Waals surface area contributed by atoms with E-state index in [1.165, 1.54) is 18.3 Å². The van der Waals surface area contributed by atoms with Crippen molar-refractivity contribution in [3.63, 3.8) is 0 Å². The van der Waals surface area contributed by atoms with E-state index in [0.29, 0.717) is 11.5 Å². The molecule has 0 atom stereocenters. The molecule has 8 heteroatoms. The molecule has 0 fully saturated rings. The first-order valence-electron chi connectivity index (χ1n) is 6.36. The minimum Gasteiger partial charge on any atom is -0.478 e. The minimum atomic E-state index is -1.04. The molecule has 0 spiro atoms. The van der Waals surface area contributed by atoms with Crippen molar-refractivity contribution < 1.29 is 14.7 Å². The number of amides is 1. The molecule has 0 radical (unpaired) electrons. The van der Waals surface area contributed by atoms with Crippen LogP contribution >= 0.6 is 0 Å². The second kappa shape index (κ2) is 6.12. The summed E-state index contributed by atoms with van der Waals surface area (Å²) >= 11 is 0. The lowest BCUT2D eigenvalue weighted by Crippen LogP contribution is -2.24. The Labute approximate surface area is 120 Å². The van der Waals surface area contributed by atoms with Crippen LogP contribution in [-0.4, -0.2) is 37.1 Å². The van der Waals surface area contributed by atoms with Gasteiger partial charge in [-0.2, -0.15) is 0 Å². The first-order valence-corrected chi connectivity index (χ1v) is 6.36. The zero-order valence-electron chi connectivity index (χ0n) is 11.6. The Hall–Kier alpha value is -2.77. The summed E-state index contributed by atoms with van der Waals surface area (Å²) in [4.78, 5) is 30.8. The number of H-pyrrole nitrogens is 1. The molecule has 0 aliphatic heterocycles. The normalized spacial score (nSPS) is 10.6. The van der Waals surface area contributed by atoms with Gasteiger partial charge in [-0.25, -0.2) is 9.78 Å². The second-order valence-corrected chi connectivity index (χ2v) is 4.72. The van der Waals surface area contributed by atoms with Crippen molar-refractivity contribution in [1.29, 1.82) is 0 Å². The number of aromatic amines is 1. The van der Waals surface area contributed by atoms with Gasteiger partial charge < -0.3 is 10.4 Å². The number of nitrogens with one attached hydrogen (secondary N) is 2. The molecule has 0 unspecified atom stereocenters. The predicted octanol–water partition coefficient (Wildman–Crippen LogP) is 0.951. The number of carbonyl (C=O) groups is 2. The zero-order chi connectivity index (χ0) is 15.4.